The summed E-state index contributed by atoms with van der Waals surface area (Å²) in [6, 6.07) is 9.34. The Morgan fingerprint density at radius 2 is 1.57 bits per heavy atom. The van der Waals surface area contributed by atoms with Gasteiger partial charge in [0.25, 0.3) is 0 Å². The van der Waals surface area contributed by atoms with Crippen molar-refractivity contribution in [2.45, 2.75) is 111 Å². The smallest absolute Gasteiger partial charge is 0.223 e. The minimum Gasteiger partial charge on any atom is -0.335 e. The van der Waals surface area contributed by atoms with Gasteiger partial charge in [-0.15, -0.1) is 0 Å². The molecule has 2 rings (SSSR count). The van der Waals surface area contributed by atoms with Crippen molar-refractivity contribution in [1.82, 2.24) is 4.90 Å². The van der Waals surface area contributed by atoms with Crippen LogP contribution in [-0.4, -0.2) is 16.8 Å². The van der Waals surface area contributed by atoms with Crippen LogP contribution >= 0.6 is 0 Å². The topological polar surface area (TPSA) is 20.3 Å². The van der Waals surface area contributed by atoms with Gasteiger partial charge in [0.1, 0.15) is 0 Å². The van der Waals surface area contributed by atoms with E-state index in [0.717, 1.165) is 13.0 Å². The molecule has 0 heterocycles. The first-order chi connectivity index (χ1) is 13.0. The summed E-state index contributed by atoms with van der Waals surface area (Å²) >= 11 is 0. The van der Waals surface area contributed by atoms with Gasteiger partial charge in [-0.25, -0.2) is 0 Å². The summed E-state index contributed by atoms with van der Waals surface area (Å²) in [6.45, 7) is 16.5. The van der Waals surface area contributed by atoms with Gasteiger partial charge >= 0.3 is 0 Å². The first kappa shape index (κ1) is 23.0. The van der Waals surface area contributed by atoms with Crippen LogP contribution in [0.5, 0.6) is 0 Å². The van der Waals surface area contributed by atoms with E-state index in [0.29, 0.717) is 24.3 Å². The summed E-state index contributed by atoms with van der Waals surface area (Å²) in [7, 11) is 0. The van der Waals surface area contributed by atoms with Crippen LogP contribution in [0.3, 0.4) is 0 Å². The van der Waals surface area contributed by atoms with E-state index in [-0.39, 0.29) is 10.8 Å². The third kappa shape index (κ3) is 7.26. The number of nitrogens with zero attached hydrogens (tertiary/aromatic N) is 1. The van der Waals surface area contributed by atoms with Crippen LogP contribution in [0.2, 0.25) is 0 Å². The predicted octanol–water partition coefficient (Wildman–Crippen LogP) is 7.11. The van der Waals surface area contributed by atoms with E-state index in [1.807, 2.05) is 0 Å². The molecule has 1 aromatic carbocycles. The van der Waals surface area contributed by atoms with Crippen LogP contribution in [0.15, 0.2) is 24.3 Å². The van der Waals surface area contributed by atoms with E-state index in [4.69, 9.17) is 0 Å². The quantitative estimate of drug-likeness (QED) is 0.511. The number of rotatable bonds is 6. The molecule has 28 heavy (non-hydrogen) atoms. The number of carbonyl (C=O) groups excluding carboxylic acids is 1. The summed E-state index contributed by atoms with van der Waals surface area (Å²) in [5.74, 6) is 0.783. The zero-order valence-corrected chi connectivity index (χ0v) is 19.5. The molecule has 0 aromatic heterocycles. The highest BCUT2D eigenvalue weighted by molar-refractivity contribution is 5.76. The Morgan fingerprint density at radius 1 is 1.00 bits per heavy atom. The molecule has 0 spiro atoms. The molecule has 1 fully saturated rings. The van der Waals surface area contributed by atoms with Gasteiger partial charge in [0, 0.05) is 19.0 Å². The maximum Gasteiger partial charge on any atom is 0.223 e. The lowest BCUT2D eigenvalue weighted by molar-refractivity contribution is -0.136. The third-order valence-corrected chi connectivity index (χ3v) is 5.99. The van der Waals surface area contributed by atoms with E-state index in [2.05, 4.69) is 77.6 Å². The lowest BCUT2D eigenvalue weighted by Crippen LogP contribution is -2.41. The molecule has 158 valence electrons. The number of amides is 1. The molecule has 1 atom stereocenters. The number of carbonyl (C=O) groups is 1. The average molecular weight is 386 g/mol. The Bertz CT molecular complexity index is 611. The predicted molar refractivity (Wildman–Crippen MR) is 120 cm³/mol. The molecule has 0 aliphatic heterocycles. The minimum atomic E-state index is 0.166. The molecule has 0 N–H and O–H groups in total. The van der Waals surface area contributed by atoms with E-state index >= 15 is 0 Å². The van der Waals surface area contributed by atoms with Gasteiger partial charge in [0.15, 0.2) is 0 Å². The van der Waals surface area contributed by atoms with Crippen LogP contribution in [-0.2, 0) is 16.8 Å². The molecule has 1 unspecified atom stereocenters. The highest BCUT2D eigenvalue weighted by Crippen LogP contribution is 2.30. The normalized spacial score (nSPS) is 17.4. The van der Waals surface area contributed by atoms with Crippen LogP contribution in [0, 0.1) is 11.3 Å². The van der Waals surface area contributed by atoms with Gasteiger partial charge in [-0.3, -0.25) is 4.79 Å². The largest absolute Gasteiger partial charge is 0.335 e. The summed E-state index contributed by atoms with van der Waals surface area (Å²) in [5.41, 5.74) is 3.05. The maximum absolute atomic E-state index is 13.3. The zero-order chi connectivity index (χ0) is 20.9. The molecule has 1 saturated carbocycles. The lowest BCUT2D eigenvalue weighted by Gasteiger charge is -2.36. The van der Waals surface area contributed by atoms with Crippen molar-refractivity contribution in [3.8, 4) is 0 Å². The average Bonchev–Trinajstić information content (AvgIpc) is 2.58. The van der Waals surface area contributed by atoms with Crippen molar-refractivity contribution in [1.29, 1.82) is 0 Å². The maximum atomic E-state index is 13.3. The molecule has 1 amide bonds. The lowest BCUT2D eigenvalue weighted by atomic mass is 9.83. The summed E-state index contributed by atoms with van der Waals surface area (Å²) < 4.78 is 0. The summed E-state index contributed by atoms with van der Waals surface area (Å²) in [4.78, 5) is 15.5. The summed E-state index contributed by atoms with van der Waals surface area (Å²) in [6.07, 6.45) is 7.94. The van der Waals surface area contributed by atoms with Gasteiger partial charge in [-0.05, 0) is 47.1 Å². The molecule has 0 radical (unpaired) electrons. The standard InChI is InChI=1S/C26H43NO/c1-20(18-25(2,3)4)17-24(28)27(23-11-9-8-10-12-23)19-21-13-15-22(16-14-21)26(5,6)7/h13-16,20,23H,8-12,17-19H2,1-7H3. The fourth-order valence-corrected chi connectivity index (χ4v) is 4.65. The molecule has 1 aliphatic carbocycles. The molecule has 1 aromatic rings. The Hall–Kier alpha value is -1.31. The van der Waals surface area contributed by atoms with Crippen LogP contribution in [0.4, 0.5) is 0 Å². The highest BCUT2D eigenvalue weighted by atomic mass is 16.2. The van der Waals surface area contributed by atoms with Crippen molar-refractivity contribution in [3.63, 3.8) is 0 Å². The first-order valence-corrected chi connectivity index (χ1v) is 11.3. The van der Waals surface area contributed by atoms with Crippen LogP contribution in [0.1, 0.15) is 105 Å². The molecule has 0 saturated heterocycles. The second-order valence-electron chi connectivity index (χ2n) is 11.3. The second-order valence-corrected chi connectivity index (χ2v) is 11.3. The Labute approximate surface area is 174 Å². The first-order valence-electron chi connectivity index (χ1n) is 11.3. The Balaban J connectivity index is 2.11. The summed E-state index contributed by atoms with van der Waals surface area (Å²) in [5, 5.41) is 0. The molecular weight excluding hydrogens is 342 g/mol. The van der Waals surface area contributed by atoms with Crippen molar-refractivity contribution in [3.05, 3.63) is 35.4 Å². The minimum absolute atomic E-state index is 0.166. The Morgan fingerprint density at radius 3 is 2.07 bits per heavy atom. The van der Waals surface area contributed by atoms with E-state index < -0.39 is 0 Å². The van der Waals surface area contributed by atoms with Crippen molar-refractivity contribution >= 4 is 5.91 Å². The van der Waals surface area contributed by atoms with Gasteiger partial charge in [0.2, 0.25) is 5.91 Å². The molecule has 0 bridgehead atoms. The van der Waals surface area contributed by atoms with Crippen LogP contribution in [0.25, 0.3) is 0 Å². The Kier molecular flexibility index (Phi) is 7.76. The van der Waals surface area contributed by atoms with Gasteiger partial charge < -0.3 is 4.90 Å². The van der Waals surface area contributed by atoms with E-state index in [1.165, 1.54) is 43.2 Å². The SMILES string of the molecule is CC(CC(=O)N(Cc1ccc(C(C)(C)C)cc1)C1CCCCC1)CC(C)(C)C. The van der Waals surface area contributed by atoms with Gasteiger partial charge in [-0.1, -0.05) is 92.0 Å². The fraction of sp³-hybridized carbons (Fsp3) is 0.731. The third-order valence-electron chi connectivity index (χ3n) is 5.99. The van der Waals surface area contributed by atoms with Crippen molar-refractivity contribution in [2.75, 3.05) is 0 Å². The second kappa shape index (κ2) is 9.46. The molecular formula is C26H43NO. The number of benzene rings is 1. The fourth-order valence-electron chi connectivity index (χ4n) is 4.65. The number of hydrogen-bond acceptors (Lipinski definition) is 1. The molecule has 2 heteroatoms. The monoisotopic (exact) mass is 385 g/mol. The highest BCUT2D eigenvalue weighted by Gasteiger charge is 2.27. The van der Waals surface area contributed by atoms with E-state index in [9.17, 15) is 4.79 Å². The van der Waals surface area contributed by atoms with Crippen molar-refractivity contribution < 1.29 is 4.79 Å². The van der Waals surface area contributed by atoms with Gasteiger partial charge in [0.05, 0.1) is 0 Å². The molecule has 1 aliphatic rings. The van der Waals surface area contributed by atoms with Crippen LogP contribution < -0.4 is 0 Å². The zero-order valence-electron chi connectivity index (χ0n) is 19.5. The van der Waals surface area contributed by atoms with E-state index in [1.54, 1.807) is 0 Å². The number of hydrogen-bond donors (Lipinski definition) is 0. The molecule has 2 nitrogen and oxygen atoms in total. The van der Waals surface area contributed by atoms with Crippen molar-refractivity contribution in [2.24, 2.45) is 11.3 Å². The van der Waals surface area contributed by atoms with Gasteiger partial charge in [-0.2, -0.15) is 0 Å².